The molecule has 5 nitrogen and oxygen atoms in total. The molecule has 0 radical (unpaired) electrons. The molecule has 1 fully saturated rings. The fourth-order valence-electron chi connectivity index (χ4n) is 2.58. The van der Waals surface area contributed by atoms with E-state index in [1.165, 1.54) is 0 Å². The van der Waals surface area contributed by atoms with Crippen LogP contribution in [0.3, 0.4) is 0 Å². The molecule has 0 saturated carbocycles. The van der Waals surface area contributed by atoms with Crippen LogP contribution in [0.2, 0.25) is 0 Å². The summed E-state index contributed by atoms with van der Waals surface area (Å²) in [5, 5.41) is 0. The van der Waals surface area contributed by atoms with Crippen LogP contribution >= 0.6 is 0 Å². The summed E-state index contributed by atoms with van der Waals surface area (Å²) in [6.07, 6.45) is 3.44. The molecule has 112 valence electrons. The van der Waals surface area contributed by atoms with Gasteiger partial charge in [-0.2, -0.15) is 0 Å². The summed E-state index contributed by atoms with van der Waals surface area (Å²) in [5.74, 6) is -0.467. The Kier molecular flexibility index (Phi) is 5.11. The second-order valence-corrected chi connectivity index (χ2v) is 5.19. The second kappa shape index (κ2) is 7.04. The third kappa shape index (κ3) is 4.16. The van der Waals surface area contributed by atoms with E-state index in [0.29, 0.717) is 13.1 Å². The number of amides is 2. The molecule has 2 N–H and O–H groups in total. The van der Waals surface area contributed by atoms with E-state index in [-0.39, 0.29) is 30.3 Å². The van der Waals surface area contributed by atoms with E-state index in [1.807, 2.05) is 30.3 Å². The Bertz CT molecular complexity index is 528. The summed E-state index contributed by atoms with van der Waals surface area (Å²) in [4.78, 5) is 24.9. The van der Waals surface area contributed by atoms with E-state index < -0.39 is 0 Å². The van der Waals surface area contributed by atoms with Crippen LogP contribution in [0, 0.1) is 5.92 Å². The van der Waals surface area contributed by atoms with Gasteiger partial charge in [0.2, 0.25) is 11.8 Å². The first kappa shape index (κ1) is 15.3. The minimum absolute atomic E-state index is 0.0263. The van der Waals surface area contributed by atoms with Crippen LogP contribution in [0.25, 0.3) is 6.08 Å². The molecule has 2 atom stereocenters. The normalized spacial score (nSPS) is 21.9. The van der Waals surface area contributed by atoms with Crippen molar-refractivity contribution in [1.29, 1.82) is 0 Å². The zero-order valence-corrected chi connectivity index (χ0v) is 12.1. The number of nitrogens with two attached hydrogens (primary N) is 1. The first-order chi connectivity index (χ1) is 10.1. The average Bonchev–Trinajstić information content (AvgIpc) is 2.88. The molecule has 0 aromatic heterocycles. The quantitative estimate of drug-likeness (QED) is 0.823. The van der Waals surface area contributed by atoms with Gasteiger partial charge in [0.05, 0.1) is 6.10 Å². The lowest BCUT2D eigenvalue weighted by Gasteiger charge is -2.13. The minimum atomic E-state index is -0.365. The lowest BCUT2D eigenvalue weighted by Crippen LogP contribution is -2.28. The van der Waals surface area contributed by atoms with E-state index >= 15 is 0 Å². The number of benzene rings is 1. The number of hydrogen-bond acceptors (Lipinski definition) is 3. The Labute approximate surface area is 124 Å². The molecular weight excluding hydrogens is 268 g/mol. The van der Waals surface area contributed by atoms with Gasteiger partial charge < -0.3 is 15.4 Å². The third-order valence-corrected chi connectivity index (χ3v) is 3.68. The zero-order valence-electron chi connectivity index (χ0n) is 12.1. The van der Waals surface area contributed by atoms with E-state index in [2.05, 4.69) is 0 Å². The Balaban J connectivity index is 1.97. The van der Waals surface area contributed by atoms with Crippen molar-refractivity contribution in [3.05, 3.63) is 42.0 Å². The summed E-state index contributed by atoms with van der Waals surface area (Å²) in [6.45, 7) is 0.992. The molecule has 0 spiro atoms. The molecule has 1 aliphatic rings. The van der Waals surface area contributed by atoms with Gasteiger partial charge >= 0.3 is 0 Å². The number of ether oxygens (including phenoxy) is 1. The van der Waals surface area contributed by atoms with E-state index in [4.69, 9.17) is 10.5 Å². The van der Waals surface area contributed by atoms with Crippen molar-refractivity contribution in [2.45, 2.75) is 12.5 Å². The number of rotatable bonds is 5. The van der Waals surface area contributed by atoms with Crippen LogP contribution in [-0.4, -0.2) is 43.0 Å². The minimum Gasteiger partial charge on any atom is -0.379 e. The van der Waals surface area contributed by atoms with Gasteiger partial charge in [0.25, 0.3) is 0 Å². The molecule has 0 unspecified atom stereocenters. The van der Waals surface area contributed by atoms with Gasteiger partial charge in [-0.05, 0) is 11.6 Å². The van der Waals surface area contributed by atoms with Crippen LogP contribution < -0.4 is 5.73 Å². The Morgan fingerprint density at radius 2 is 2.05 bits per heavy atom. The average molecular weight is 288 g/mol. The molecule has 1 aromatic carbocycles. The lowest BCUT2D eigenvalue weighted by atomic mass is 10.0. The summed E-state index contributed by atoms with van der Waals surface area (Å²) >= 11 is 0. The van der Waals surface area contributed by atoms with Gasteiger partial charge in [-0.1, -0.05) is 30.3 Å². The van der Waals surface area contributed by atoms with Crippen molar-refractivity contribution in [2.24, 2.45) is 11.7 Å². The maximum Gasteiger partial charge on any atom is 0.246 e. The smallest absolute Gasteiger partial charge is 0.246 e. The predicted molar refractivity (Wildman–Crippen MR) is 80.2 cm³/mol. The van der Waals surface area contributed by atoms with Crippen molar-refractivity contribution < 1.29 is 14.3 Å². The first-order valence-electron chi connectivity index (χ1n) is 6.93. The number of carbonyl (C=O) groups excluding carboxylic acids is 2. The van der Waals surface area contributed by atoms with Crippen molar-refractivity contribution >= 4 is 17.9 Å². The molecule has 1 heterocycles. The number of carbonyl (C=O) groups is 2. The van der Waals surface area contributed by atoms with Gasteiger partial charge in [-0.3, -0.25) is 9.59 Å². The summed E-state index contributed by atoms with van der Waals surface area (Å²) < 4.78 is 5.34. The number of primary amides is 1. The molecule has 5 heteroatoms. The van der Waals surface area contributed by atoms with Crippen molar-refractivity contribution in [3.8, 4) is 0 Å². The molecule has 21 heavy (non-hydrogen) atoms. The molecule has 1 aliphatic heterocycles. The highest BCUT2D eigenvalue weighted by Gasteiger charge is 2.35. The molecule has 2 rings (SSSR count). The van der Waals surface area contributed by atoms with Gasteiger partial charge in [-0.15, -0.1) is 0 Å². The number of nitrogens with zero attached hydrogens (tertiary/aromatic N) is 1. The second-order valence-electron chi connectivity index (χ2n) is 5.19. The maximum absolute atomic E-state index is 12.2. The van der Waals surface area contributed by atoms with Gasteiger partial charge in [0.1, 0.15) is 0 Å². The molecule has 0 aliphatic carbocycles. The monoisotopic (exact) mass is 288 g/mol. The maximum atomic E-state index is 12.2. The van der Waals surface area contributed by atoms with E-state index in [9.17, 15) is 9.59 Å². The molecule has 2 amide bonds. The number of likely N-dealkylation sites (tertiary alicyclic amines) is 1. The number of methoxy groups -OCH3 is 1. The molecule has 1 saturated heterocycles. The van der Waals surface area contributed by atoms with E-state index in [1.54, 1.807) is 24.2 Å². The molecular formula is C16H20N2O3. The molecule has 0 bridgehead atoms. The fraction of sp³-hybridized carbons (Fsp3) is 0.375. The predicted octanol–water partition coefficient (Wildman–Crippen LogP) is 1.05. The SMILES string of the molecule is CO[C@H]1CN(C(=O)/C=C/c2ccccc2)C[C@H]1CC(N)=O. The van der Waals surface area contributed by atoms with Crippen LogP contribution in [-0.2, 0) is 14.3 Å². The van der Waals surface area contributed by atoms with Gasteiger partial charge in [0.15, 0.2) is 0 Å². The summed E-state index contributed by atoms with van der Waals surface area (Å²) in [5.41, 5.74) is 6.21. The van der Waals surface area contributed by atoms with Crippen LogP contribution in [0.5, 0.6) is 0 Å². The van der Waals surface area contributed by atoms with Crippen molar-refractivity contribution in [3.63, 3.8) is 0 Å². The zero-order chi connectivity index (χ0) is 15.2. The Morgan fingerprint density at radius 1 is 1.33 bits per heavy atom. The van der Waals surface area contributed by atoms with Gasteiger partial charge in [-0.25, -0.2) is 0 Å². The summed E-state index contributed by atoms with van der Waals surface area (Å²) in [6, 6.07) is 9.63. The lowest BCUT2D eigenvalue weighted by molar-refractivity contribution is -0.125. The van der Waals surface area contributed by atoms with Crippen LogP contribution in [0.4, 0.5) is 0 Å². The van der Waals surface area contributed by atoms with Gasteiger partial charge in [0, 0.05) is 38.6 Å². The number of hydrogen-bond donors (Lipinski definition) is 1. The highest BCUT2D eigenvalue weighted by molar-refractivity contribution is 5.92. The van der Waals surface area contributed by atoms with Crippen molar-refractivity contribution in [2.75, 3.05) is 20.2 Å². The summed E-state index contributed by atoms with van der Waals surface area (Å²) in [7, 11) is 1.59. The topological polar surface area (TPSA) is 72.6 Å². The molecule has 1 aromatic rings. The van der Waals surface area contributed by atoms with Crippen LogP contribution in [0.1, 0.15) is 12.0 Å². The standard InChI is InChI=1S/C16H20N2O3/c1-21-14-11-18(10-13(14)9-15(17)19)16(20)8-7-12-5-3-2-4-6-12/h2-8,13-14H,9-11H2,1H3,(H2,17,19)/b8-7+/t13-,14+/m1/s1. The Morgan fingerprint density at radius 3 is 2.67 bits per heavy atom. The van der Waals surface area contributed by atoms with Crippen molar-refractivity contribution in [1.82, 2.24) is 4.90 Å². The van der Waals surface area contributed by atoms with E-state index in [0.717, 1.165) is 5.56 Å². The largest absolute Gasteiger partial charge is 0.379 e. The Hall–Kier alpha value is -2.14. The van der Waals surface area contributed by atoms with Crippen LogP contribution in [0.15, 0.2) is 36.4 Å². The highest BCUT2D eigenvalue weighted by atomic mass is 16.5. The fourth-order valence-corrected chi connectivity index (χ4v) is 2.58. The first-order valence-corrected chi connectivity index (χ1v) is 6.93. The third-order valence-electron chi connectivity index (χ3n) is 3.68. The highest BCUT2D eigenvalue weighted by Crippen LogP contribution is 2.22.